The van der Waals surface area contributed by atoms with Gasteiger partial charge in [0.1, 0.15) is 5.15 Å². The van der Waals surface area contributed by atoms with Crippen molar-refractivity contribution in [2.24, 2.45) is 5.10 Å². The number of rotatable bonds is 5. The third-order valence-electron chi connectivity index (χ3n) is 3.58. The third-order valence-corrected chi connectivity index (χ3v) is 3.95. The van der Waals surface area contributed by atoms with Gasteiger partial charge in [0.2, 0.25) is 0 Å². The number of halogens is 1. The normalized spacial score (nSPS) is 11.0. The van der Waals surface area contributed by atoms with Crippen LogP contribution in [0.2, 0.25) is 5.15 Å². The molecule has 0 radical (unpaired) electrons. The lowest BCUT2D eigenvalue weighted by molar-refractivity contribution is 0.0698. The van der Waals surface area contributed by atoms with E-state index in [1.807, 2.05) is 37.3 Å². The van der Waals surface area contributed by atoms with Gasteiger partial charge in [-0.15, -0.1) is 0 Å². The Morgan fingerprint density at radius 3 is 2.60 bits per heavy atom. The molecule has 3 rings (SSSR count). The zero-order chi connectivity index (χ0) is 17.8. The van der Waals surface area contributed by atoms with Crippen molar-refractivity contribution in [3.8, 4) is 5.69 Å². The summed E-state index contributed by atoms with van der Waals surface area (Å²) in [5.41, 5.74) is 5.50. The molecule has 0 amide bonds. The SMILES string of the molecule is Cc1nn(-c2ccccc2)c(Cl)c1/C=N/Nc1ccccc1C(=O)O. The molecule has 0 unspecified atom stereocenters. The van der Waals surface area contributed by atoms with E-state index < -0.39 is 5.97 Å². The summed E-state index contributed by atoms with van der Waals surface area (Å²) in [5, 5.41) is 18.1. The molecule has 0 aliphatic rings. The maximum Gasteiger partial charge on any atom is 0.337 e. The standard InChI is InChI=1S/C18H15ClN4O2/c1-12-15(17(19)23(22-12)13-7-3-2-4-8-13)11-20-21-16-10-6-5-9-14(16)18(24)25/h2-11,21H,1H3,(H,24,25)/b20-11+. The van der Waals surface area contributed by atoms with E-state index >= 15 is 0 Å². The van der Waals surface area contributed by atoms with Crippen molar-refractivity contribution in [2.45, 2.75) is 6.92 Å². The predicted molar refractivity (Wildman–Crippen MR) is 97.9 cm³/mol. The van der Waals surface area contributed by atoms with Crippen LogP contribution in [0.15, 0.2) is 59.7 Å². The van der Waals surface area contributed by atoms with Gasteiger partial charge in [-0.3, -0.25) is 5.43 Å². The summed E-state index contributed by atoms with van der Waals surface area (Å²) in [6.45, 7) is 1.83. The first-order valence-electron chi connectivity index (χ1n) is 7.50. The lowest BCUT2D eigenvalue weighted by Crippen LogP contribution is -2.02. The molecule has 7 heteroatoms. The number of hydrazone groups is 1. The summed E-state index contributed by atoms with van der Waals surface area (Å²) in [4.78, 5) is 11.2. The number of aromatic carboxylic acids is 1. The Kier molecular flexibility index (Phi) is 4.81. The number of aromatic nitrogens is 2. The van der Waals surface area contributed by atoms with E-state index in [0.29, 0.717) is 22.1 Å². The molecule has 126 valence electrons. The van der Waals surface area contributed by atoms with E-state index in [-0.39, 0.29) is 5.56 Å². The van der Waals surface area contributed by atoms with Gasteiger partial charge in [-0.1, -0.05) is 41.9 Å². The first-order chi connectivity index (χ1) is 12.1. The van der Waals surface area contributed by atoms with Crippen molar-refractivity contribution < 1.29 is 9.90 Å². The van der Waals surface area contributed by atoms with Crippen molar-refractivity contribution in [1.29, 1.82) is 0 Å². The van der Waals surface area contributed by atoms with Crippen molar-refractivity contribution in [3.63, 3.8) is 0 Å². The molecule has 1 aromatic heterocycles. The fourth-order valence-corrected chi connectivity index (χ4v) is 2.65. The van der Waals surface area contributed by atoms with Gasteiger partial charge < -0.3 is 5.11 Å². The molecule has 6 nitrogen and oxygen atoms in total. The summed E-state index contributed by atoms with van der Waals surface area (Å²) in [6.07, 6.45) is 1.53. The number of hydrogen-bond donors (Lipinski definition) is 2. The fraction of sp³-hybridized carbons (Fsp3) is 0.0556. The van der Waals surface area contributed by atoms with E-state index in [4.69, 9.17) is 11.6 Å². The number of carbonyl (C=O) groups is 1. The second kappa shape index (κ2) is 7.19. The molecule has 2 N–H and O–H groups in total. The number of benzene rings is 2. The van der Waals surface area contributed by atoms with E-state index in [2.05, 4.69) is 15.6 Å². The van der Waals surface area contributed by atoms with Gasteiger partial charge in [-0.05, 0) is 31.2 Å². The molecular weight excluding hydrogens is 340 g/mol. The monoisotopic (exact) mass is 354 g/mol. The zero-order valence-electron chi connectivity index (χ0n) is 13.3. The first-order valence-corrected chi connectivity index (χ1v) is 7.87. The Bertz CT molecular complexity index is 936. The highest BCUT2D eigenvalue weighted by molar-refractivity contribution is 6.32. The number of para-hydroxylation sites is 2. The Morgan fingerprint density at radius 2 is 1.88 bits per heavy atom. The third kappa shape index (κ3) is 3.54. The zero-order valence-corrected chi connectivity index (χ0v) is 14.1. The van der Waals surface area contributed by atoms with Crippen LogP contribution < -0.4 is 5.43 Å². The molecule has 3 aromatic rings. The van der Waals surface area contributed by atoms with Crippen molar-refractivity contribution in [2.75, 3.05) is 5.43 Å². The van der Waals surface area contributed by atoms with Crippen molar-refractivity contribution in [1.82, 2.24) is 9.78 Å². The maximum atomic E-state index is 11.2. The maximum absolute atomic E-state index is 11.2. The smallest absolute Gasteiger partial charge is 0.337 e. The summed E-state index contributed by atoms with van der Waals surface area (Å²) in [7, 11) is 0. The van der Waals surface area contributed by atoms with E-state index in [9.17, 15) is 9.90 Å². The van der Waals surface area contributed by atoms with E-state index in [1.54, 1.807) is 22.9 Å². The molecule has 0 bridgehead atoms. The number of hydrogen-bond acceptors (Lipinski definition) is 4. The molecule has 0 saturated carbocycles. The van der Waals surface area contributed by atoms with Gasteiger partial charge in [-0.25, -0.2) is 9.48 Å². The average Bonchev–Trinajstić information content (AvgIpc) is 2.91. The Hall–Kier alpha value is -3.12. The lowest BCUT2D eigenvalue weighted by Gasteiger charge is -2.04. The molecule has 1 heterocycles. The minimum atomic E-state index is -1.02. The molecule has 0 aliphatic carbocycles. The molecule has 0 aliphatic heterocycles. The molecule has 25 heavy (non-hydrogen) atoms. The molecule has 2 aromatic carbocycles. The van der Waals surface area contributed by atoms with Crippen LogP contribution in [-0.4, -0.2) is 27.1 Å². The van der Waals surface area contributed by atoms with E-state index in [0.717, 1.165) is 5.69 Å². The van der Waals surface area contributed by atoms with Crippen molar-refractivity contribution >= 4 is 29.5 Å². The minimum Gasteiger partial charge on any atom is -0.478 e. The highest BCUT2D eigenvalue weighted by Crippen LogP contribution is 2.22. The molecule has 0 atom stereocenters. The summed E-state index contributed by atoms with van der Waals surface area (Å²) in [6, 6.07) is 16.1. The average molecular weight is 355 g/mol. The van der Waals surface area contributed by atoms with Gasteiger partial charge >= 0.3 is 5.97 Å². The van der Waals surface area contributed by atoms with Crippen LogP contribution in [0.3, 0.4) is 0 Å². The Morgan fingerprint density at radius 1 is 1.20 bits per heavy atom. The number of nitrogens with one attached hydrogen (secondary N) is 1. The summed E-state index contributed by atoms with van der Waals surface area (Å²) < 4.78 is 1.63. The van der Waals surface area contributed by atoms with Crippen LogP contribution in [0, 0.1) is 6.92 Å². The molecule has 0 saturated heterocycles. The first kappa shape index (κ1) is 16.7. The van der Waals surface area contributed by atoms with Gasteiger partial charge in [0.15, 0.2) is 0 Å². The van der Waals surface area contributed by atoms with Gasteiger partial charge in [0, 0.05) is 0 Å². The van der Waals surface area contributed by atoms with Gasteiger partial charge in [-0.2, -0.15) is 10.2 Å². The highest BCUT2D eigenvalue weighted by atomic mass is 35.5. The van der Waals surface area contributed by atoms with Crippen LogP contribution in [0.1, 0.15) is 21.6 Å². The lowest BCUT2D eigenvalue weighted by atomic mass is 10.2. The minimum absolute atomic E-state index is 0.141. The highest BCUT2D eigenvalue weighted by Gasteiger charge is 2.13. The second-order valence-corrected chi connectivity index (χ2v) is 5.62. The number of carboxylic acid groups (broad SMARTS) is 1. The summed E-state index contributed by atoms with van der Waals surface area (Å²) in [5.74, 6) is -1.02. The Labute approximate surface area is 149 Å². The van der Waals surface area contributed by atoms with Crippen LogP contribution in [-0.2, 0) is 0 Å². The van der Waals surface area contributed by atoms with Crippen LogP contribution in [0.5, 0.6) is 0 Å². The number of carboxylic acids is 1. The number of nitrogens with zero attached hydrogens (tertiary/aromatic N) is 3. The number of anilines is 1. The van der Waals surface area contributed by atoms with E-state index in [1.165, 1.54) is 12.3 Å². The predicted octanol–water partition coefficient (Wildman–Crippen LogP) is 3.98. The Balaban J connectivity index is 1.86. The number of aryl methyl sites for hydroxylation is 1. The summed E-state index contributed by atoms with van der Waals surface area (Å²) >= 11 is 6.41. The van der Waals surface area contributed by atoms with Crippen LogP contribution >= 0.6 is 11.6 Å². The van der Waals surface area contributed by atoms with Gasteiger partial charge in [0.25, 0.3) is 0 Å². The molecule has 0 spiro atoms. The van der Waals surface area contributed by atoms with Crippen LogP contribution in [0.25, 0.3) is 5.69 Å². The van der Waals surface area contributed by atoms with Gasteiger partial charge in [0.05, 0.1) is 34.4 Å². The quantitative estimate of drug-likeness (QED) is 0.536. The molecular formula is C18H15ClN4O2. The van der Waals surface area contributed by atoms with Crippen LogP contribution in [0.4, 0.5) is 5.69 Å². The topological polar surface area (TPSA) is 79.5 Å². The molecule has 0 fully saturated rings. The largest absolute Gasteiger partial charge is 0.478 e. The second-order valence-electron chi connectivity index (χ2n) is 5.26. The fourth-order valence-electron chi connectivity index (χ4n) is 2.33. The van der Waals surface area contributed by atoms with Crippen molar-refractivity contribution in [3.05, 3.63) is 76.6 Å².